The lowest BCUT2D eigenvalue weighted by Gasteiger charge is -2.21. The molecule has 1 aromatic rings. The molecule has 0 amide bonds. The molecule has 1 fully saturated rings. The molecule has 1 aliphatic rings. The molecule has 1 N–H and O–H groups in total. The number of hydrogen-bond acceptors (Lipinski definition) is 3. The third kappa shape index (κ3) is 6.35. The molecule has 2 rings (SSSR count). The summed E-state index contributed by atoms with van der Waals surface area (Å²) in [7, 11) is 2.37. The van der Waals surface area contributed by atoms with Crippen molar-refractivity contribution in [2.75, 3.05) is 19.4 Å². The van der Waals surface area contributed by atoms with Gasteiger partial charge in [0.05, 0.1) is 0 Å². The standard InChI is InChI=1S/C18H30BNOS/c1-15(11-12-20-19-21-2)17-9-6-10-18(13-17)22-14-16-7-4-3-5-8-16/h6,9-10,13,15-16,19-20H,3-5,7-8,11-12,14H2,1-2H3. The van der Waals surface area contributed by atoms with Crippen molar-refractivity contribution in [2.45, 2.75) is 56.3 Å². The van der Waals surface area contributed by atoms with E-state index in [2.05, 4.69) is 48.2 Å². The van der Waals surface area contributed by atoms with Gasteiger partial charge in [0.2, 0.25) is 0 Å². The predicted molar refractivity (Wildman–Crippen MR) is 98.9 cm³/mol. The zero-order chi connectivity index (χ0) is 15.6. The second kappa shape index (κ2) is 10.4. The van der Waals surface area contributed by atoms with E-state index in [1.807, 2.05) is 0 Å². The van der Waals surface area contributed by atoms with Gasteiger partial charge in [-0.05, 0) is 55.3 Å². The molecule has 1 aromatic carbocycles. The quantitative estimate of drug-likeness (QED) is 0.415. The maximum Gasteiger partial charge on any atom is 0.360 e. The summed E-state index contributed by atoms with van der Waals surface area (Å²) in [5.74, 6) is 2.84. The summed E-state index contributed by atoms with van der Waals surface area (Å²) in [6.07, 6.45) is 8.36. The average Bonchev–Trinajstić information content (AvgIpc) is 2.58. The van der Waals surface area contributed by atoms with Crippen molar-refractivity contribution in [1.29, 1.82) is 0 Å². The molecule has 1 saturated carbocycles. The Labute approximate surface area is 141 Å². The maximum absolute atomic E-state index is 5.02. The van der Waals surface area contributed by atoms with Crippen LogP contribution >= 0.6 is 11.8 Å². The minimum Gasteiger partial charge on any atom is -0.427 e. The van der Waals surface area contributed by atoms with E-state index in [1.54, 1.807) is 7.11 Å². The van der Waals surface area contributed by atoms with Gasteiger partial charge >= 0.3 is 7.62 Å². The molecular weight excluding hydrogens is 289 g/mol. The number of benzene rings is 1. The van der Waals surface area contributed by atoms with Crippen LogP contribution in [0.15, 0.2) is 29.2 Å². The van der Waals surface area contributed by atoms with Gasteiger partial charge in [-0.1, -0.05) is 38.3 Å². The molecule has 0 aromatic heterocycles. The van der Waals surface area contributed by atoms with E-state index in [9.17, 15) is 0 Å². The lowest BCUT2D eigenvalue weighted by molar-refractivity contribution is 0.391. The molecule has 122 valence electrons. The number of thioether (sulfide) groups is 1. The van der Waals surface area contributed by atoms with Gasteiger partial charge in [-0.2, -0.15) is 0 Å². The number of rotatable bonds is 9. The first kappa shape index (κ1) is 17.9. The van der Waals surface area contributed by atoms with Gasteiger partial charge in [-0.15, -0.1) is 11.8 Å². The summed E-state index contributed by atoms with van der Waals surface area (Å²) in [5.41, 5.74) is 1.47. The van der Waals surface area contributed by atoms with Crippen LogP contribution in [0.5, 0.6) is 0 Å². The molecule has 0 heterocycles. The molecule has 2 nitrogen and oxygen atoms in total. The molecule has 0 bridgehead atoms. The van der Waals surface area contributed by atoms with Crippen LogP contribution in [0.3, 0.4) is 0 Å². The highest BCUT2D eigenvalue weighted by atomic mass is 32.2. The highest BCUT2D eigenvalue weighted by molar-refractivity contribution is 7.99. The van der Waals surface area contributed by atoms with Gasteiger partial charge in [-0.25, -0.2) is 0 Å². The van der Waals surface area contributed by atoms with E-state index < -0.39 is 0 Å². The van der Waals surface area contributed by atoms with Gasteiger partial charge in [0, 0.05) is 17.8 Å². The molecule has 1 unspecified atom stereocenters. The van der Waals surface area contributed by atoms with Crippen molar-refractivity contribution in [3.8, 4) is 0 Å². The maximum atomic E-state index is 5.02. The minimum absolute atomic E-state index is 0.597. The first-order valence-electron chi connectivity index (χ1n) is 8.72. The highest BCUT2D eigenvalue weighted by Gasteiger charge is 2.14. The van der Waals surface area contributed by atoms with Gasteiger partial charge in [0.1, 0.15) is 0 Å². The summed E-state index contributed by atoms with van der Waals surface area (Å²) in [4.78, 5) is 1.44. The van der Waals surface area contributed by atoms with Gasteiger partial charge in [0.25, 0.3) is 0 Å². The first-order valence-corrected chi connectivity index (χ1v) is 9.70. The van der Waals surface area contributed by atoms with Crippen LogP contribution in [0, 0.1) is 5.92 Å². The average molecular weight is 319 g/mol. The third-order valence-corrected chi connectivity index (χ3v) is 5.86. The second-order valence-electron chi connectivity index (χ2n) is 6.51. The summed E-state index contributed by atoms with van der Waals surface area (Å²) < 4.78 is 5.02. The van der Waals surface area contributed by atoms with E-state index in [1.165, 1.54) is 48.3 Å². The fourth-order valence-corrected chi connectivity index (χ4v) is 4.29. The molecule has 1 aliphatic carbocycles. The highest BCUT2D eigenvalue weighted by Crippen LogP contribution is 2.31. The lowest BCUT2D eigenvalue weighted by Crippen LogP contribution is -2.23. The van der Waals surface area contributed by atoms with Gasteiger partial charge < -0.3 is 9.88 Å². The molecule has 0 saturated heterocycles. The van der Waals surface area contributed by atoms with Crippen molar-refractivity contribution >= 4 is 19.4 Å². The van der Waals surface area contributed by atoms with E-state index >= 15 is 0 Å². The Morgan fingerprint density at radius 2 is 2.14 bits per heavy atom. The molecule has 4 heteroatoms. The summed E-state index contributed by atoms with van der Waals surface area (Å²) in [6, 6.07) is 9.16. The monoisotopic (exact) mass is 319 g/mol. The number of nitrogens with one attached hydrogen (secondary N) is 1. The number of hydrogen-bond donors (Lipinski definition) is 1. The van der Waals surface area contributed by atoms with Crippen LogP contribution in [-0.4, -0.2) is 27.0 Å². The Kier molecular flexibility index (Phi) is 8.42. The van der Waals surface area contributed by atoms with Crippen molar-refractivity contribution in [2.24, 2.45) is 5.92 Å². The van der Waals surface area contributed by atoms with E-state index in [-0.39, 0.29) is 0 Å². The Morgan fingerprint density at radius 3 is 2.91 bits per heavy atom. The van der Waals surface area contributed by atoms with Gasteiger partial charge in [-0.3, -0.25) is 0 Å². The molecular formula is C18H30BNOS. The second-order valence-corrected chi connectivity index (χ2v) is 7.60. The molecule has 0 spiro atoms. The smallest absolute Gasteiger partial charge is 0.360 e. The zero-order valence-corrected chi connectivity index (χ0v) is 15.0. The zero-order valence-electron chi connectivity index (χ0n) is 14.1. The van der Waals surface area contributed by atoms with Crippen molar-refractivity contribution in [3.05, 3.63) is 29.8 Å². The van der Waals surface area contributed by atoms with Crippen LogP contribution in [0.4, 0.5) is 0 Å². The summed E-state index contributed by atoms with van der Waals surface area (Å²) >= 11 is 2.05. The van der Waals surface area contributed by atoms with E-state index in [4.69, 9.17) is 4.65 Å². The molecule has 0 radical (unpaired) electrons. The van der Waals surface area contributed by atoms with Crippen LogP contribution in [0.2, 0.25) is 0 Å². The van der Waals surface area contributed by atoms with Gasteiger partial charge in [0.15, 0.2) is 0 Å². The Morgan fingerprint density at radius 1 is 1.32 bits per heavy atom. The minimum atomic E-state index is 0.597. The Bertz CT molecular complexity index is 423. The van der Waals surface area contributed by atoms with Crippen LogP contribution in [-0.2, 0) is 4.65 Å². The molecule has 1 atom stereocenters. The largest absolute Gasteiger partial charge is 0.427 e. The Balaban J connectivity index is 1.78. The lowest BCUT2D eigenvalue weighted by atomic mass is 9.91. The van der Waals surface area contributed by atoms with Crippen LogP contribution in [0.25, 0.3) is 0 Å². The van der Waals surface area contributed by atoms with Crippen molar-refractivity contribution in [1.82, 2.24) is 5.23 Å². The summed E-state index contributed by atoms with van der Waals surface area (Å²) in [5, 5.41) is 3.29. The fraction of sp³-hybridized carbons (Fsp3) is 0.667. The molecule has 0 aliphatic heterocycles. The van der Waals surface area contributed by atoms with Crippen LogP contribution < -0.4 is 5.23 Å². The summed E-state index contributed by atoms with van der Waals surface area (Å²) in [6.45, 7) is 3.33. The SMILES string of the molecule is COBNCCC(C)c1cccc(SCC2CCCCC2)c1. The third-order valence-electron chi connectivity index (χ3n) is 4.64. The van der Waals surface area contributed by atoms with E-state index in [0.717, 1.165) is 18.9 Å². The van der Waals surface area contributed by atoms with Crippen molar-refractivity contribution in [3.63, 3.8) is 0 Å². The first-order chi connectivity index (χ1) is 10.8. The van der Waals surface area contributed by atoms with Crippen LogP contribution in [0.1, 0.15) is 56.9 Å². The van der Waals surface area contributed by atoms with Crippen molar-refractivity contribution < 1.29 is 4.65 Å². The predicted octanol–water partition coefficient (Wildman–Crippen LogP) is 4.36. The van der Waals surface area contributed by atoms with E-state index in [0.29, 0.717) is 13.5 Å². The normalized spacial score (nSPS) is 17.4. The molecule has 22 heavy (non-hydrogen) atoms. The fourth-order valence-electron chi connectivity index (χ4n) is 3.14. The Hall–Kier alpha value is -0.445. The topological polar surface area (TPSA) is 21.3 Å².